The third-order valence-corrected chi connectivity index (χ3v) is 5.39. The number of carbonyl (C=O) groups is 1. The van der Waals surface area contributed by atoms with Gasteiger partial charge in [-0.15, -0.1) is 11.3 Å². The average Bonchev–Trinajstić information content (AvgIpc) is 3.24. The predicted octanol–water partition coefficient (Wildman–Crippen LogP) is 3.94. The van der Waals surface area contributed by atoms with Crippen molar-refractivity contribution >= 4 is 34.0 Å². The summed E-state index contributed by atoms with van der Waals surface area (Å²) in [5, 5.41) is 3.64. The summed E-state index contributed by atoms with van der Waals surface area (Å²) in [5.41, 5.74) is 3.25. The number of rotatable bonds is 5. The van der Waals surface area contributed by atoms with Crippen LogP contribution in [0.25, 0.3) is 21.6 Å². The molecule has 0 saturated carbocycles. The van der Waals surface area contributed by atoms with Crippen LogP contribution in [0.15, 0.2) is 47.3 Å². The zero-order chi connectivity index (χ0) is 19.7. The van der Waals surface area contributed by atoms with Crippen molar-refractivity contribution in [2.45, 2.75) is 13.8 Å². The molecule has 0 radical (unpaired) electrons. The maximum Gasteiger partial charge on any atom is 0.323 e. The normalized spacial score (nSPS) is 10.9. The second-order valence-electron chi connectivity index (χ2n) is 6.18. The molecule has 0 saturated heterocycles. The highest BCUT2D eigenvalue weighted by molar-refractivity contribution is 7.17. The molecule has 0 atom stereocenters. The minimum Gasteiger partial charge on any atom is -0.494 e. The number of hydrogen-bond donors (Lipinski definition) is 3. The van der Waals surface area contributed by atoms with Crippen LogP contribution in [-0.2, 0) is 0 Å². The molecular formula is C20H18N4O3S. The summed E-state index contributed by atoms with van der Waals surface area (Å²) in [6.07, 6.45) is 0. The van der Waals surface area contributed by atoms with E-state index >= 15 is 0 Å². The first-order valence-electron chi connectivity index (χ1n) is 8.77. The van der Waals surface area contributed by atoms with Gasteiger partial charge in [0.05, 0.1) is 23.3 Å². The molecule has 0 fully saturated rings. The Morgan fingerprint density at radius 1 is 1.14 bits per heavy atom. The second-order valence-corrected chi connectivity index (χ2v) is 7.18. The molecule has 0 unspecified atom stereocenters. The van der Waals surface area contributed by atoms with Crippen LogP contribution in [0, 0.1) is 6.92 Å². The number of hydrogen-bond acceptors (Lipinski definition) is 5. The Kier molecular flexibility index (Phi) is 4.70. The van der Waals surface area contributed by atoms with E-state index in [-0.39, 0.29) is 11.6 Å². The number of thiazole rings is 1. The fraction of sp³-hybridized carbons (Fsp3) is 0.150. The highest BCUT2D eigenvalue weighted by atomic mass is 32.1. The molecule has 3 N–H and O–H groups in total. The molecule has 0 spiro atoms. The lowest BCUT2D eigenvalue weighted by Gasteiger charge is -2.04. The molecule has 4 aromatic rings. The molecule has 0 aliphatic rings. The van der Waals surface area contributed by atoms with E-state index in [0.29, 0.717) is 33.9 Å². The molecule has 0 aliphatic carbocycles. The molecule has 142 valence electrons. The standard InChI is InChI=1S/C20H18N4O3S/c1-3-27-14-7-4-12(5-8-14)19-21-11(2)17(28-19)18(25)22-13-6-9-15-16(10-13)24-20(26)23-15/h4-10H,3H2,1-2H3,(H,22,25)(H2,23,24,26). The van der Waals surface area contributed by atoms with E-state index in [4.69, 9.17) is 4.74 Å². The van der Waals surface area contributed by atoms with Crippen LogP contribution in [0.5, 0.6) is 5.75 Å². The van der Waals surface area contributed by atoms with Crippen LogP contribution >= 0.6 is 11.3 Å². The predicted molar refractivity (Wildman–Crippen MR) is 110 cm³/mol. The number of aromatic amines is 2. The summed E-state index contributed by atoms with van der Waals surface area (Å²) < 4.78 is 5.46. The number of aromatic nitrogens is 3. The van der Waals surface area contributed by atoms with Crippen LogP contribution in [0.3, 0.4) is 0 Å². The molecule has 0 aliphatic heterocycles. The highest BCUT2D eigenvalue weighted by Gasteiger charge is 2.17. The van der Waals surface area contributed by atoms with E-state index in [1.807, 2.05) is 38.1 Å². The molecular weight excluding hydrogens is 376 g/mol. The molecule has 4 rings (SSSR count). The zero-order valence-electron chi connectivity index (χ0n) is 15.3. The molecule has 2 aromatic heterocycles. The number of nitrogens with one attached hydrogen (secondary N) is 3. The largest absolute Gasteiger partial charge is 0.494 e. The van der Waals surface area contributed by atoms with Gasteiger partial charge in [-0.3, -0.25) is 4.79 Å². The molecule has 28 heavy (non-hydrogen) atoms. The molecule has 0 bridgehead atoms. The van der Waals surface area contributed by atoms with Crippen LogP contribution in [0.1, 0.15) is 22.3 Å². The van der Waals surface area contributed by atoms with Crippen molar-refractivity contribution in [1.82, 2.24) is 15.0 Å². The number of amides is 1. The Balaban J connectivity index is 1.56. The van der Waals surface area contributed by atoms with Gasteiger partial charge in [0.2, 0.25) is 0 Å². The van der Waals surface area contributed by atoms with Gasteiger partial charge in [0.1, 0.15) is 15.6 Å². The van der Waals surface area contributed by atoms with E-state index in [2.05, 4.69) is 20.3 Å². The summed E-state index contributed by atoms with van der Waals surface area (Å²) in [7, 11) is 0. The minimum absolute atomic E-state index is 0.232. The smallest absolute Gasteiger partial charge is 0.323 e. The van der Waals surface area contributed by atoms with Crippen molar-refractivity contribution in [2.75, 3.05) is 11.9 Å². The fourth-order valence-corrected chi connectivity index (χ4v) is 3.86. The van der Waals surface area contributed by atoms with Gasteiger partial charge in [0, 0.05) is 11.3 Å². The number of aryl methyl sites for hydroxylation is 1. The lowest BCUT2D eigenvalue weighted by atomic mass is 10.2. The van der Waals surface area contributed by atoms with Gasteiger partial charge in [0.15, 0.2) is 0 Å². The fourth-order valence-electron chi connectivity index (χ4n) is 2.89. The molecule has 8 heteroatoms. The maximum atomic E-state index is 12.7. The molecule has 7 nitrogen and oxygen atoms in total. The lowest BCUT2D eigenvalue weighted by Crippen LogP contribution is -2.11. The number of fused-ring (bicyclic) bond motifs is 1. The van der Waals surface area contributed by atoms with Gasteiger partial charge < -0.3 is 20.0 Å². The van der Waals surface area contributed by atoms with E-state index in [9.17, 15) is 9.59 Å². The van der Waals surface area contributed by atoms with Crippen LogP contribution < -0.4 is 15.7 Å². The molecule has 2 heterocycles. The van der Waals surface area contributed by atoms with E-state index in [1.165, 1.54) is 11.3 Å². The number of carbonyl (C=O) groups excluding carboxylic acids is 1. The number of ether oxygens (including phenoxy) is 1. The van der Waals surface area contributed by atoms with Gasteiger partial charge in [-0.25, -0.2) is 9.78 Å². The van der Waals surface area contributed by atoms with Crippen LogP contribution in [0.4, 0.5) is 5.69 Å². The Morgan fingerprint density at radius 3 is 2.64 bits per heavy atom. The summed E-state index contributed by atoms with van der Waals surface area (Å²) in [5.74, 6) is 0.570. The monoisotopic (exact) mass is 394 g/mol. The third-order valence-electron chi connectivity index (χ3n) is 4.19. The maximum absolute atomic E-state index is 12.7. The Hall–Kier alpha value is -3.39. The van der Waals surface area contributed by atoms with Crippen molar-refractivity contribution in [3.63, 3.8) is 0 Å². The second kappa shape index (κ2) is 7.32. The van der Waals surface area contributed by atoms with Crippen molar-refractivity contribution in [3.05, 3.63) is 63.5 Å². The Morgan fingerprint density at radius 2 is 1.89 bits per heavy atom. The van der Waals surface area contributed by atoms with E-state index < -0.39 is 0 Å². The third kappa shape index (κ3) is 3.54. The number of imidazole rings is 1. The van der Waals surface area contributed by atoms with Crippen LogP contribution in [0.2, 0.25) is 0 Å². The summed E-state index contributed by atoms with van der Waals surface area (Å²) in [6, 6.07) is 12.9. The first-order valence-corrected chi connectivity index (χ1v) is 9.59. The van der Waals surface area contributed by atoms with Crippen molar-refractivity contribution < 1.29 is 9.53 Å². The number of benzene rings is 2. The van der Waals surface area contributed by atoms with Crippen molar-refractivity contribution in [3.8, 4) is 16.3 Å². The van der Waals surface area contributed by atoms with Gasteiger partial charge in [-0.05, 0) is 56.3 Å². The first-order chi connectivity index (χ1) is 13.5. The Bertz CT molecular complexity index is 1200. The number of H-pyrrole nitrogens is 2. The first kappa shape index (κ1) is 18.0. The van der Waals surface area contributed by atoms with Gasteiger partial charge in [-0.2, -0.15) is 0 Å². The lowest BCUT2D eigenvalue weighted by molar-refractivity contribution is 0.103. The molecule has 1 amide bonds. The topological polar surface area (TPSA) is 99.9 Å². The Labute approximate surface area is 164 Å². The quantitative estimate of drug-likeness (QED) is 0.477. The highest BCUT2D eigenvalue weighted by Crippen LogP contribution is 2.30. The number of anilines is 1. The van der Waals surface area contributed by atoms with Gasteiger partial charge >= 0.3 is 5.69 Å². The van der Waals surface area contributed by atoms with E-state index in [1.54, 1.807) is 18.2 Å². The SMILES string of the molecule is CCOc1ccc(-c2nc(C)c(C(=O)Nc3ccc4[nH]c(=O)[nH]c4c3)s2)cc1. The summed E-state index contributed by atoms with van der Waals surface area (Å²) in [6.45, 7) is 4.37. The molecule has 2 aromatic carbocycles. The van der Waals surface area contributed by atoms with E-state index in [0.717, 1.165) is 16.3 Å². The van der Waals surface area contributed by atoms with Gasteiger partial charge in [0.25, 0.3) is 5.91 Å². The summed E-state index contributed by atoms with van der Waals surface area (Å²) >= 11 is 1.34. The van der Waals surface area contributed by atoms with Crippen molar-refractivity contribution in [1.29, 1.82) is 0 Å². The van der Waals surface area contributed by atoms with Crippen LogP contribution in [-0.4, -0.2) is 27.5 Å². The summed E-state index contributed by atoms with van der Waals surface area (Å²) in [4.78, 5) is 34.5. The number of nitrogens with zero attached hydrogens (tertiary/aromatic N) is 1. The van der Waals surface area contributed by atoms with Gasteiger partial charge in [-0.1, -0.05) is 0 Å². The van der Waals surface area contributed by atoms with Crippen molar-refractivity contribution in [2.24, 2.45) is 0 Å². The minimum atomic E-state index is -0.281. The zero-order valence-corrected chi connectivity index (χ0v) is 16.1. The average molecular weight is 394 g/mol.